The van der Waals surface area contributed by atoms with Gasteiger partial charge in [0.05, 0.1) is 5.52 Å². The highest BCUT2D eigenvalue weighted by molar-refractivity contribution is 7.26. The zero-order valence-electron chi connectivity index (χ0n) is 17.8. The lowest BCUT2D eigenvalue weighted by Gasteiger charge is -2.12. The van der Waals surface area contributed by atoms with Crippen molar-refractivity contribution < 1.29 is 22.0 Å². The Kier molecular flexibility index (Phi) is 4.48. The largest absolute Gasteiger partial charge is 0.435 e. The second-order valence-electron chi connectivity index (χ2n) is 8.45. The number of aromatic nitrogens is 7. The maximum Gasteiger partial charge on any atom is 0.435 e. The molecule has 176 valence electrons. The molecule has 34 heavy (non-hydrogen) atoms. The second kappa shape index (κ2) is 7.14. The molecule has 0 N–H and O–H groups in total. The van der Waals surface area contributed by atoms with Crippen LogP contribution < -0.4 is 0 Å². The molecule has 1 atom stereocenters. The van der Waals surface area contributed by atoms with Gasteiger partial charge < -0.3 is 0 Å². The van der Waals surface area contributed by atoms with Crippen molar-refractivity contribution in [1.29, 1.82) is 0 Å². The molecule has 5 aromatic rings. The zero-order chi connectivity index (χ0) is 23.9. The summed E-state index contributed by atoms with van der Waals surface area (Å²) in [5, 5.41) is 8.94. The molecule has 5 aromatic heterocycles. The molecule has 1 aliphatic carbocycles. The lowest BCUT2D eigenvalue weighted by atomic mass is 10.1. The molecule has 1 aliphatic rings. The van der Waals surface area contributed by atoms with Crippen LogP contribution in [-0.4, -0.2) is 34.3 Å². The van der Waals surface area contributed by atoms with Crippen molar-refractivity contribution in [3.63, 3.8) is 0 Å². The fraction of sp³-hybridized carbons (Fsp3) is 0.381. The Balaban J connectivity index is 1.50. The van der Waals surface area contributed by atoms with Crippen LogP contribution in [0.3, 0.4) is 0 Å². The summed E-state index contributed by atoms with van der Waals surface area (Å²) in [5.41, 5.74) is 0.904. The summed E-state index contributed by atoms with van der Waals surface area (Å²) in [5.74, 6) is 0.320. The minimum atomic E-state index is -4.55. The van der Waals surface area contributed by atoms with Crippen molar-refractivity contribution in [2.45, 2.75) is 51.3 Å². The molecule has 7 nitrogen and oxygen atoms in total. The van der Waals surface area contributed by atoms with Gasteiger partial charge in [0.15, 0.2) is 17.2 Å². The van der Waals surface area contributed by atoms with Crippen LogP contribution in [0.25, 0.3) is 26.1 Å². The maximum absolute atomic E-state index is 13.3. The highest BCUT2D eigenvalue weighted by Gasteiger charge is 2.39. The summed E-state index contributed by atoms with van der Waals surface area (Å²) in [7, 11) is 0. The molecule has 0 saturated heterocycles. The smallest absolute Gasteiger partial charge is 0.258 e. The van der Waals surface area contributed by atoms with Gasteiger partial charge in [-0.15, -0.1) is 16.4 Å². The van der Waals surface area contributed by atoms with Gasteiger partial charge in [0.1, 0.15) is 27.6 Å². The van der Waals surface area contributed by atoms with Gasteiger partial charge in [-0.25, -0.2) is 28.2 Å². The van der Waals surface area contributed by atoms with Crippen molar-refractivity contribution in [3.8, 4) is 0 Å². The first-order valence-electron chi connectivity index (χ1n) is 10.5. The van der Waals surface area contributed by atoms with Gasteiger partial charge in [-0.3, -0.25) is 4.68 Å². The van der Waals surface area contributed by atoms with E-state index in [1.54, 1.807) is 13.8 Å². The third kappa shape index (κ3) is 3.24. The number of thiophene rings is 1. The van der Waals surface area contributed by atoms with Gasteiger partial charge in [-0.1, -0.05) is 0 Å². The molecule has 0 unspecified atom stereocenters. The van der Waals surface area contributed by atoms with Gasteiger partial charge in [-0.2, -0.15) is 18.3 Å². The summed E-state index contributed by atoms with van der Waals surface area (Å²) >= 11 is 1.18. The van der Waals surface area contributed by atoms with Crippen LogP contribution in [0.4, 0.5) is 22.0 Å². The Labute approximate surface area is 192 Å². The van der Waals surface area contributed by atoms with Gasteiger partial charge in [0, 0.05) is 17.0 Å². The van der Waals surface area contributed by atoms with E-state index < -0.39 is 24.3 Å². The van der Waals surface area contributed by atoms with Crippen LogP contribution >= 0.6 is 11.3 Å². The Morgan fingerprint density at radius 3 is 2.56 bits per heavy atom. The average molecular weight is 493 g/mol. The first-order valence-corrected chi connectivity index (χ1v) is 11.3. The SMILES string of the molecule is Cc1cc(C(F)F)nc2sc3c(ncn4nc([C@H](C)n5nc(C(F)(F)F)cc5C5CC5)nc34)c12. The van der Waals surface area contributed by atoms with Crippen molar-refractivity contribution in [2.24, 2.45) is 0 Å². The first kappa shape index (κ1) is 21.3. The molecule has 6 rings (SSSR count). The molecule has 0 radical (unpaired) electrons. The number of aryl methyl sites for hydroxylation is 1. The monoisotopic (exact) mass is 493 g/mol. The number of hydrogen-bond acceptors (Lipinski definition) is 6. The van der Waals surface area contributed by atoms with Gasteiger partial charge in [-0.05, 0) is 44.4 Å². The molecule has 5 heterocycles. The van der Waals surface area contributed by atoms with E-state index in [0.29, 0.717) is 37.3 Å². The van der Waals surface area contributed by atoms with E-state index >= 15 is 0 Å². The molecule has 0 bridgehead atoms. The van der Waals surface area contributed by atoms with Crippen molar-refractivity contribution in [1.82, 2.24) is 34.3 Å². The Morgan fingerprint density at radius 2 is 1.88 bits per heavy atom. The number of nitrogens with zero attached hydrogens (tertiary/aromatic N) is 7. The minimum absolute atomic E-state index is 0.0390. The van der Waals surface area contributed by atoms with Gasteiger partial charge >= 0.3 is 6.18 Å². The zero-order valence-corrected chi connectivity index (χ0v) is 18.6. The molecule has 0 aliphatic heterocycles. The number of hydrogen-bond donors (Lipinski definition) is 0. The highest BCUT2D eigenvalue weighted by atomic mass is 32.1. The molecule has 1 fully saturated rings. The standard InChI is InChI=1S/C21H16F5N7S/c1-8-5-11(17(22)23)28-20-14(8)15-16(34-20)19-29-18(31-32(19)7-27-15)9(2)33-12(10-3-4-10)6-13(30-33)21(24,25)26/h5-7,9-10,17H,3-4H2,1-2H3/t9-/m0/s1. The second-order valence-corrected chi connectivity index (χ2v) is 9.45. The normalized spacial score (nSPS) is 15.9. The van der Waals surface area contributed by atoms with Crippen molar-refractivity contribution in [3.05, 3.63) is 46.9 Å². The summed E-state index contributed by atoms with van der Waals surface area (Å²) in [6.07, 6.45) is -4.16. The van der Waals surface area contributed by atoms with E-state index in [-0.39, 0.29) is 17.4 Å². The van der Waals surface area contributed by atoms with Crippen LogP contribution in [0, 0.1) is 6.92 Å². The molecule has 0 spiro atoms. The number of pyridine rings is 1. The minimum Gasteiger partial charge on any atom is -0.258 e. The summed E-state index contributed by atoms with van der Waals surface area (Å²) in [6, 6.07) is 1.80. The van der Waals surface area contributed by atoms with E-state index in [2.05, 4.69) is 25.1 Å². The Morgan fingerprint density at radius 1 is 1.12 bits per heavy atom. The van der Waals surface area contributed by atoms with Crippen LogP contribution in [0.15, 0.2) is 18.5 Å². The maximum atomic E-state index is 13.3. The van der Waals surface area contributed by atoms with Crippen LogP contribution in [-0.2, 0) is 6.18 Å². The summed E-state index contributed by atoms with van der Waals surface area (Å²) in [4.78, 5) is 13.5. The highest BCUT2D eigenvalue weighted by Crippen LogP contribution is 2.43. The number of fused-ring (bicyclic) bond motifs is 5. The van der Waals surface area contributed by atoms with E-state index in [0.717, 1.165) is 18.9 Å². The predicted octanol–water partition coefficient (Wildman–Crippen LogP) is 5.84. The van der Waals surface area contributed by atoms with Gasteiger partial charge in [0.2, 0.25) is 0 Å². The molecular weight excluding hydrogens is 477 g/mol. The summed E-state index contributed by atoms with van der Waals surface area (Å²) in [6.45, 7) is 3.42. The van der Waals surface area contributed by atoms with Crippen molar-refractivity contribution in [2.75, 3.05) is 0 Å². The van der Waals surface area contributed by atoms with E-state index in [4.69, 9.17) is 0 Å². The molecule has 0 amide bonds. The fourth-order valence-electron chi connectivity index (χ4n) is 4.19. The quantitative estimate of drug-likeness (QED) is 0.294. The first-order chi connectivity index (χ1) is 16.1. The van der Waals surface area contributed by atoms with E-state index in [9.17, 15) is 22.0 Å². The topological polar surface area (TPSA) is 73.8 Å². The van der Waals surface area contributed by atoms with Crippen LogP contribution in [0.1, 0.15) is 66.6 Å². The third-order valence-corrected chi connectivity index (χ3v) is 7.08. The number of halogens is 5. The average Bonchev–Trinajstić information content (AvgIpc) is 3.21. The molecule has 0 aromatic carbocycles. The molecule has 1 saturated carbocycles. The van der Waals surface area contributed by atoms with Crippen LogP contribution in [0.2, 0.25) is 0 Å². The van der Waals surface area contributed by atoms with Crippen molar-refractivity contribution >= 4 is 37.4 Å². The predicted molar refractivity (Wildman–Crippen MR) is 114 cm³/mol. The Bertz CT molecular complexity index is 1580. The Hall–Kier alpha value is -3.22. The van der Waals surface area contributed by atoms with Crippen LogP contribution in [0.5, 0.6) is 0 Å². The fourth-order valence-corrected chi connectivity index (χ4v) is 5.38. The lowest BCUT2D eigenvalue weighted by Crippen LogP contribution is -2.15. The molecular formula is C21H16F5N7S. The van der Waals surface area contributed by atoms with E-state index in [1.165, 1.54) is 32.9 Å². The van der Waals surface area contributed by atoms with E-state index in [1.807, 2.05) is 0 Å². The summed E-state index contributed by atoms with van der Waals surface area (Å²) < 4.78 is 69.8. The number of alkyl halides is 5. The molecule has 13 heteroatoms. The van der Waals surface area contributed by atoms with Gasteiger partial charge in [0.25, 0.3) is 6.43 Å². The number of rotatable bonds is 4. The lowest BCUT2D eigenvalue weighted by molar-refractivity contribution is -0.141. The third-order valence-electron chi connectivity index (χ3n) is 6.02.